The molecule has 0 bridgehead atoms. The summed E-state index contributed by atoms with van der Waals surface area (Å²) in [4.78, 5) is 2.37. The van der Waals surface area contributed by atoms with Crippen molar-refractivity contribution in [2.75, 3.05) is 16.8 Å². The summed E-state index contributed by atoms with van der Waals surface area (Å²) in [6, 6.07) is 9.00. The van der Waals surface area contributed by atoms with E-state index in [2.05, 4.69) is 61.8 Å². The predicted octanol–water partition coefficient (Wildman–Crippen LogP) is 4.42. The Kier molecular flexibility index (Phi) is 5.50. The number of benzene rings is 1. The molecule has 98 valence electrons. The second-order valence-corrected chi connectivity index (χ2v) is 4.58. The summed E-state index contributed by atoms with van der Waals surface area (Å²) in [6.45, 7) is 13.5. The molecular formula is C16H24N2. The van der Waals surface area contributed by atoms with Crippen molar-refractivity contribution >= 4 is 11.4 Å². The maximum absolute atomic E-state index is 3.93. The van der Waals surface area contributed by atoms with Gasteiger partial charge in [-0.2, -0.15) is 0 Å². The zero-order valence-corrected chi connectivity index (χ0v) is 11.9. The van der Waals surface area contributed by atoms with Crippen molar-refractivity contribution in [3.05, 3.63) is 48.7 Å². The molecule has 0 fully saturated rings. The van der Waals surface area contributed by atoms with Crippen molar-refractivity contribution in [1.82, 2.24) is 0 Å². The van der Waals surface area contributed by atoms with Crippen LogP contribution < -0.4 is 10.2 Å². The summed E-state index contributed by atoms with van der Waals surface area (Å²) < 4.78 is 0. The van der Waals surface area contributed by atoms with E-state index in [0.29, 0.717) is 6.04 Å². The monoisotopic (exact) mass is 244 g/mol. The maximum atomic E-state index is 3.93. The molecule has 0 atom stereocenters. The van der Waals surface area contributed by atoms with Gasteiger partial charge in [-0.1, -0.05) is 12.7 Å². The van der Waals surface area contributed by atoms with Gasteiger partial charge in [0.2, 0.25) is 0 Å². The van der Waals surface area contributed by atoms with E-state index in [1.807, 2.05) is 19.1 Å². The molecule has 0 aliphatic heterocycles. The van der Waals surface area contributed by atoms with Gasteiger partial charge in [0.25, 0.3) is 0 Å². The van der Waals surface area contributed by atoms with Gasteiger partial charge in [-0.05, 0) is 58.0 Å². The Balaban J connectivity index is 2.76. The van der Waals surface area contributed by atoms with E-state index in [-0.39, 0.29) is 0 Å². The Morgan fingerprint density at radius 3 is 2.39 bits per heavy atom. The number of hydrogen-bond donors (Lipinski definition) is 1. The van der Waals surface area contributed by atoms with Crippen molar-refractivity contribution in [1.29, 1.82) is 0 Å². The molecule has 1 aromatic carbocycles. The first-order valence-corrected chi connectivity index (χ1v) is 6.53. The fourth-order valence-corrected chi connectivity index (χ4v) is 2.01. The normalized spacial score (nSPS) is 10.9. The number of allylic oxidation sites excluding steroid dienone is 2. The van der Waals surface area contributed by atoms with Crippen molar-refractivity contribution in [2.45, 2.75) is 33.7 Å². The molecule has 0 amide bonds. The van der Waals surface area contributed by atoms with Crippen molar-refractivity contribution in [3.8, 4) is 0 Å². The van der Waals surface area contributed by atoms with Crippen LogP contribution in [0.1, 0.15) is 27.7 Å². The van der Waals surface area contributed by atoms with Crippen LogP contribution in [0.25, 0.3) is 0 Å². The van der Waals surface area contributed by atoms with Gasteiger partial charge in [-0.3, -0.25) is 0 Å². The quantitative estimate of drug-likeness (QED) is 0.745. The molecule has 2 heteroatoms. The molecule has 1 rings (SSSR count). The Morgan fingerprint density at radius 1 is 1.33 bits per heavy atom. The van der Waals surface area contributed by atoms with Gasteiger partial charge >= 0.3 is 0 Å². The van der Waals surface area contributed by atoms with Crippen molar-refractivity contribution in [2.24, 2.45) is 0 Å². The maximum Gasteiger partial charge on any atom is 0.0385 e. The minimum absolute atomic E-state index is 0.520. The topological polar surface area (TPSA) is 15.3 Å². The summed E-state index contributed by atoms with van der Waals surface area (Å²) in [5.41, 5.74) is 3.23. The van der Waals surface area contributed by atoms with E-state index >= 15 is 0 Å². The number of hydrogen-bond acceptors (Lipinski definition) is 2. The number of nitrogens with zero attached hydrogens (tertiary/aromatic N) is 1. The molecule has 0 aromatic heterocycles. The molecular weight excluding hydrogens is 220 g/mol. The third-order valence-corrected chi connectivity index (χ3v) is 2.84. The van der Waals surface area contributed by atoms with Gasteiger partial charge in [0.1, 0.15) is 0 Å². The summed E-state index contributed by atoms with van der Waals surface area (Å²) >= 11 is 0. The third kappa shape index (κ3) is 3.95. The SMILES string of the molecule is C=C(/C=C\C)Nc1ccc(N(CC)C(C)C)cc1. The van der Waals surface area contributed by atoms with Crippen LogP contribution in [0.3, 0.4) is 0 Å². The fraction of sp³-hybridized carbons (Fsp3) is 0.375. The van der Waals surface area contributed by atoms with Crippen LogP contribution >= 0.6 is 0 Å². The molecule has 0 radical (unpaired) electrons. The lowest BCUT2D eigenvalue weighted by Gasteiger charge is -2.27. The zero-order valence-electron chi connectivity index (χ0n) is 11.9. The predicted molar refractivity (Wildman–Crippen MR) is 82.2 cm³/mol. The zero-order chi connectivity index (χ0) is 13.5. The molecule has 0 saturated heterocycles. The average molecular weight is 244 g/mol. The molecule has 0 spiro atoms. The van der Waals surface area contributed by atoms with Crippen LogP contribution in [0.2, 0.25) is 0 Å². The highest BCUT2D eigenvalue weighted by Gasteiger charge is 2.07. The van der Waals surface area contributed by atoms with E-state index in [9.17, 15) is 0 Å². The smallest absolute Gasteiger partial charge is 0.0385 e. The fourth-order valence-electron chi connectivity index (χ4n) is 2.01. The van der Waals surface area contributed by atoms with Crippen LogP contribution in [-0.2, 0) is 0 Å². The van der Waals surface area contributed by atoms with E-state index < -0.39 is 0 Å². The Hall–Kier alpha value is -1.70. The molecule has 18 heavy (non-hydrogen) atoms. The number of nitrogens with one attached hydrogen (secondary N) is 1. The minimum atomic E-state index is 0.520. The first-order valence-electron chi connectivity index (χ1n) is 6.53. The first kappa shape index (κ1) is 14.4. The lowest BCUT2D eigenvalue weighted by Crippen LogP contribution is -2.30. The molecule has 0 aliphatic carbocycles. The molecule has 0 saturated carbocycles. The summed E-state index contributed by atoms with van der Waals surface area (Å²) in [5.74, 6) is 0. The van der Waals surface area contributed by atoms with Gasteiger partial charge in [0, 0.05) is 29.7 Å². The summed E-state index contributed by atoms with van der Waals surface area (Å²) in [5, 5.41) is 3.26. The van der Waals surface area contributed by atoms with Gasteiger partial charge < -0.3 is 10.2 Å². The van der Waals surface area contributed by atoms with E-state index in [4.69, 9.17) is 0 Å². The van der Waals surface area contributed by atoms with Crippen molar-refractivity contribution in [3.63, 3.8) is 0 Å². The molecule has 1 aromatic rings. The second kappa shape index (κ2) is 6.90. The Labute approximate surface area is 111 Å². The lowest BCUT2D eigenvalue weighted by atomic mass is 10.2. The van der Waals surface area contributed by atoms with Crippen LogP contribution in [-0.4, -0.2) is 12.6 Å². The molecule has 0 aliphatic rings. The highest BCUT2D eigenvalue weighted by molar-refractivity contribution is 5.58. The number of anilines is 2. The minimum Gasteiger partial charge on any atom is -0.369 e. The van der Waals surface area contributed by atoms with E-state index in [1.165, 1.54) is 5.69 Å². The Bertz CT molecular complexity index is 402. The van der Waals surface area contributed by atoms with Crippen LogP contribution in [0.5, 0.6) is 0 Å². The lowest BCUT2D eigenvalue weighted by molar-refractivity contribution is 0.704. The van der Waals surface area contributed by atoms with Crippen LogP contribution in [0.15, 0.2) is 48.7 Å². The summed E-state index contributed by atoms with van der Waals surface area (Å²) in [6.07, 6.45) is 3.93. The molecule has 0 heterocycles. The summed E-state index contributed by atoms with van der Waals surface area (Å²) in [7, 11) is 0. The van der Waals surface area contributed by atoms with Crippen LogP contribution in [0.4, 0.5) is 11.4 Å². The molecule has 0 unspecified atom stereocenters. The second-order valence-electron chi connectivity index (χ2n) is 4.58. The average Bonchev–Trinajstić information content (AvgIpc) is 2.32. The third-order valence-electron chi connectivity index (χ3n) is 2.84. The van der Waals surface area contributed by atoms with Gasteiger partial charge in [-0.25, -0.2) is 0 Å². The van der Waals surface area contributed by atoms with Gasteiger partial charge in [-0.15, -0.1) is 0 Å². The number of rotatable bonds is 6. The molecule has 1 N–H and O–H groups in total. The first-order chi connectivity index (χ1) is 8.58. The van der Waals surface area contributed by atoms with Gasteiger partial charge in [0.05, 0.1) is 0 Å². The van der Waals surface area contributed by atoms with E-state index in [1.54, 1.807) is 0 Å². The van der Waals surface area contributed by atoms with Crippen molar-refractivity contribution < 1.29 is 0 Å². The highest BCUT2D eigenvalue weighted by Crippen LogP contribution is 2.20. The highest BCUT2D eigenvalue weighted by atomic mass is 15.1. The van der Waals surface area contributed by atoms with E-state index in [0.717, 1.165) is 17.9 Å². The standard InChI is InChI=1S/C16H24N2/c1-6-8-14(5)17-15-9-11-16(12-10-15)18(7-2)13(3)4/h6,8-13,17H,5,7H2,1-4H3/b8-6-. The molecule has 2 nitrogen and oxygen atoms in total. The Morgan fingerprint density at radius 2 is 1.94 bits per heavy atom. The van der Waals surface area contributed by atoms with Gasteiger partial charge in [0.15, 0.2) is 0 Å². The largest absolute Gasteiger partial charge is 0.369 e. The van der Waals surface area contributed by atoms with Crippen LogP contribution in [0, 0.1) is 0 Å².